The first-order chi connectivity index (χ1) is 8.37. The first-order valence-corrected chi connectivity index (χ1v) is 3.80. The molecule has 0 aliphatic rings. The van der Waals surface area contributed by atoms with Crippen LogP contribution in [0.3, 0.4) is 0 Å². The Morgan fingerprint density at radius 3 is 0.870 bits per heavy atom. The minimum Gasteiger partial charge on any atom is -0.400 e. The zero-order chi connectivity index (χ0) is 16.0. The largest absolute Gasteiger partial charge is 0.449 e. The maximum atomic E-state index is 12.0. The van der Waals surface area contributed by atoms with Crippen molar-refractivity contribution in [2.24, 2.45) is 0 Å². The Labute approximate surface area is 118 Å². The highest BCUT2D eigenvalue weighted by Crippen LogP contribution is 2.34. The smallest absolute Gasteiger partial charge is 0.400 e. The molecule has 1 nitrogen and oxygen atoms in total. The van der Waals surface area contributed by atoms with Crippen molar-refractivity contribution < 1.29 is 67.5 Å². The average Bonchev–Trinajstić information content (AvgIpc) is 2.26. The second kappa shape index (κ2) is 13.7. The number of ether oxygens (including phenoxy) is 1. The van der Waals surface area contributed by atoms with Crippen LogP contribution in [0.5, 0.6) is 0 Å². The van der Waals surface area contributed by atoms with E-state index in [4.69, 9.17) is 0 Å². The number of hydrogen-bond acceptors (Lipinski definition) is 1. The molecule has 15 heteroatoms. The van der Waals surface area contributed by atoms with Gasteiger partial charge in [0.25, 0.3) is 11.7 Å². The van der Waals surface area contributed by atoms with Gasteiger partial charge in [-0.15, -0.1) is 13.2 Å². The quantitative estimate of drug-likeness (QED) is 0.333. The van der Waals surface area contributed by atoms with E-state index in [0.29, 0.717) is 0 Å². The molecule has 23 heavy (non-hydrogen) atoms. The molecule has 0 heterocycles. The predicted molar refractivity (Wildman–Crippen MR) is 52.9 cm³/mol. The molecule has 0 atom stereocenters. The van der Waals surface area contributed by atoms with E-state index in [1.807, 2.05) is 0 Å². The summed E-state index contributed by atoms with van der Waals surface area (Å²) in [5, 5.41) is 0. The summed E-state index contributed by atoms with van der Waals surface area (Å²) in [7, 11) is 0. The fraction of sp³-hybridized carbons (Fsp3) is 0.250. The van der Waals surface area contributed by atoms with Gasteiger partial charge in [-0.2, -0.15) is 43.9 Å². The van der Waals surface area contributed by atoms with Crippen molar-refractivity contribution in [3.05, 3.63) is 36.8 Å². The minimum atomic E-state index is -5.95. The van der Waals surface area contributed by atoms with Crippen molar-refractivity contribution in [1.82, 2.24) is 0 Å². The van der Waals surface area contributed by atoms with E-state index in [-0.39, 0.29) is 18.8 Å². The van der Waals surface area contributed by atoms with Crippen molar-refractivity contribution in [2.75, 3.05) is 0 Å². The second-order valence-electron chi connectivity index (χ2n) is 2.27. The van der Waals surface area contributed by atoms with Gasteiger partial charge in [-0.05, 0) is 0 Å². The Hall–Kier alpha value is -1.96. The van der Waals surface area contributed by atoms with Gasteiger partial charge in [0.15, 0.2) is 0 Å². The molecule has 0 radical (unpaired) electrons. The van der Waals surface area contributed by atoms with Crippen molar-refractivity contribution in [3.8, 4) is 0 Å². The van der Waals surface area contributed by atoms with Gasteiger partial charge in [-0.3, -0.25) is 18.8 Å². The van der Waals surface area contributed by atoms with E-state index >= 15 is 0 Å². The van der Waals surface area contributed by atoms with E-state index < -0.39 is 36.0 Å². The van der Waals surface area contributed by atoms with Crippen LogP contribution in [-0.4, -0.2) is 12.4 Å². The van der Waals surface area contributed by atoms with Crippen molar-refractivity contribution in [1.29, 1.82) is 0 Å². The summed E-state index contributed by atoms with van der Waals surface area (Å²) in [6.07, 6.45) is -11.9. The van der Waals surface area contributed by atoms with Crippen LogP contribution in [0.15, 0.2) is 36.8 Å². The summed E-state index contributed by atoms with van der Waals surface area (Å²) < 4.78 is 119. The molecule has 0 spiro atoms. The van der Waals surface area contributed by atoms with Gasteiger partial charge < -0.3 is 4.74 Å². The standard InChI is InChI=1S/C6F10O.C2H4.4FH/c7-1(5(11,12)13)3(9)17-4(10)2(8)6(14,15)16;1-2;;;;/h;1-2H2;4*1H. The molecule has 0 unspecified atom stereocenters. The number of halogens is 14. The Balaban J connectivity index is -0.000000115. The fourth-order valence-electron chi connectivity index (χ4n) is 0.391. The molecule has 0 N–H and O–H groups in total. The van der Waals surface area contributed by atoms with Gasteiger partial charge in [-0.1, -0.05) is 0 Å². The summed E-state index contributed by atoms with van der Waals surface area (Å²) in [5.74, 6) is -7.27. The van der Waals surface area contributed by atoms with E-state index in [9.17, 15) is 43.9 Å². The highest BCUT2D eigenvalue weighted by atomic mass is 19.4. The fourth-order valence-corrected chi connectivity index (χ4v) is 0.391. The maximum Gasteiger partial charge on any atom is 0.449 e. The van der Waals surface area contributed by atoms with Crippen LogP contribution in [0.1, 0.15) is 0 Å². The lowest BCUT2D eigenvalue weighted by molar-refractivity contribution is -0.121. The van der Waals surface area contributed by atoms with Crippen LogP contribution in [0.25, 0.3) is 0 Å². The SMILES string of the molecule is C=C.F.F.F.F.FC(OC(F)=C(F)C(F)(F)F)=C(F)C(F)(F)F. The molecule has 0 saturated heterocycles. The Bertz CT molecular complexity index is 330. The highest BCUT2D eigenvalue weighted by molar-refractivity contribution is 5.06. The van der Waals surface area contributed by atoms with Gasteiger partial charge in [0.1, 0.15) is 0 Å². The first kappa shape index (κ1) is 37.4. The Morgan fingerprint density at radius 1 is 0.565 bits per heavy atom. The zero-order valence-corrected chi connectivity index (χ0v) is 10.2. The molecule has 0 aliphatic carbocycles. The summed E-state index contributed by atoms with van der Waals surface area (Å²) in [5.41, 5.74) is 0. The first-order valence-electron chi connectivity index (χ1n) is 3.80. The summed E-state index contributed by atoms with van der Waals surface area (Å²) in [6.45, 7) is 6.00. The van der Waals surface area contributed by atoms with Gasteiger partial charge >= 0.3 is 24.4 Å². The number of hydrogen-bond donors (Lipinski definition) is 0. The molecule has 0 fully saturated rings. The monoisotopic (exact) mass is 386 g/mol. The van der Waals surface area contributed by atoms with Crippen molar-refractivity contribution in [2.45, 2.75) is 12.4 Å². The maximum absolute atomic E-state index is 12.0. The van der Waals surface area contributed by atoms with E-state index in [1.165, 1.54) is 0 Å². The molecule has 0 saturated carbocycles. The lowest BCUT2D eigenvalue weighted by atomic mass is 10.5. The third-order valence-corrected chi connectivity index (χ3v) is 1.02. The van der Waals surface area contributed by atoms with Gasteiger partial charge in [0.2, 0.25) is 0 Å². The number of alkyl halides is 6. The number of rotatable bonds is 2. The molecule has 0 aromatic carbocycles. The average molecular weight is 386 g/mol. The van der Waals surface area contributed by atoms with Crippen molar-refractivity contribution in [3.63, 3.8) is 0 Å². The minimum absolute atomic E-state index is 0. The Morgan fingerprint density at radius 2 is 0.739 bits per heavy atom. The third-order valence-electron chi connectivity index (χ3n) is 1.02. The highest BCUT2D eigenvalue weighted by Gasteiger charge is 2.42. The molecule has 144 valence electrons. The molecule has 0 amide bonds. The van der Waals surface area contributed by atoms with Gasteiger partial charge in [0, 0.05) is 0 Å². The summed E-state index contributed by atoms with van der Waals surface area (Å²) in [6, 6.07) is -6.76. The molecular weight excluding hydrogens is 378 g/mol. The lowest BCUT2D eigenvalue weighted by Crippen LogP contribution is -2.13. The number of allylic oxidation sites excluding steroid dienone is 2. The van der Waals surface area contributed by atoms with Crippen LogP contribution in [0.2, 0.25) is 0 Å². The van der Waals surface area contributed by atoms with Crippen LogP contribution in [0, 0.1) is 0 Å². The third kappa shape index (κ3) is 13.4. The topological polar surface area (TPSA) is 9.23 Å². The van der Waals surface area contributed by atoms with E-state index in [0.717, 1.165) is 0 Å². The molecule has 0 aliphatic heterocycles. The zero-order valence-electron chi connectivity index (χ0n) is 10.2. The lowest BCUT2D eigenvalue weighted by Gasteiger charge is -2.07. The molecule has 0 aromatic heterocycles. The van der Waals surface area contributed by atoms with E-state index in [1.54, 1.807) is 0 Å². The van der Waals surface area contributed by atoms with Crippen LogP contribution < -0.4 is 0 Å². The van der Waals surface area contributed by atoms with Crippen LogP contribution in [-0.2, 0) is 4.74 Å². The normalized spacial score (nSPS) is 12.3. The summed E-state index contributed by atoms with van der Waals surface area (Å²) in [4.78, 5) is 0. The van der Waals surface area contributed by atoms with Gasteiger partial charge in [-0.25, -0.2) is 0 Å². The van der Waals surface area contributed by atoms with Crippen LogP contribution in [0.4, 0.5) is 62.7 Å². The second-order valence-corrected chi connectivity index (χ2v) is 2.27. The van der Waals surface area contributed by atoms with Crippen molar-refractivity contribution >= 4 is 0 Å². The molecule has 0 bridgehead atoms. The Kier molecular flexibility index (Phi) is 22.2. The molecule has 0 rings (SSSR count). The van der Waals surface area contributed by atoms with Gasteiger partial charge in [0.05, 0.1) is 0 Å². The van der Waals surface area contributed by atoms with Crippen LogP contribution >= 0.6 is 0 Å². The predicted octanol–water partition coefficient (Wildman–Crippen LogP) is 5.76. The summed E-state index contributed by atoms with van der Waals surface area (Å²) >= 11 is 0. The van der Waals surface area contributed by atoms with E-state index in [2.05, 4.69) is 17.9 Å². The molecule has 0 aromatic rings. The molecular formula is C8H8F14O.